The lowest BCUT2D eigenvalue weighted by atomic mass is 10.1. The van der Waals surface area contributed by atoms with Crippen molar-refractivity contribution in [1.82, 2.24) is 29.7 Å². The summed E-state index contributed by atoms with van der Waals surface area (Å²) < 4.78 is 3.09. The van der Waals surface area contributed by atoms with Crippen LogP contribution in [0.1, 0.15) is 47.6 Å². The molecule has 0 aliphatic heterocycles. The molecule has 0 saturated carbocycles. The van der Waals surface area contributed by atoms with Gasteiger partial charge in [-0.05, 0) is 49.8 Å². The van der Waals surface area contributed by atoms with Crippen LogP contribution in [0.25, 0.3) is 16.6 Å². The summed E-state index contributed by atoms with van der Waals surface area (Å²) in [6.45, 7) is 8.11. The van der Waals surface area contributed by atoms with Gasteiger partial charge in [0.25, 0.3) is 5.91 Å². The Morgan fingerprint density at radius 1 is 1.23 bits per heavy atom. The second kappa shape index (κ2) is 7.78. The number of fused-ring (bicyclic) bond motifs is 3. The molecule has 30 heavy (non-hydrogen) atoms. The van der Waals surface area contributed by atoms with Gasteiger partial charge in [-0.1, -0.05) is 32.0 Å². The molecule has 8 heteroatoms. The van der Waals surface area contributed by atoms with Crippen molar-refractivity contribution < 1.29 is 4.79 Å². The summed E-state index contributed by atoms with van der Waals surface area (Å²) in [7, 11) is 0. The van der Waals surface area contributed by atoms with Gasteiger partial charge in [0.2, 0.25) is 0 Å². The molecule has 8 nitrogen and oxygen atoms in total. The molecule has 0 bridgehead atoms. The molecule has 2 N–H and O–H groups in total. The van der Waals surface area contributed by atoms with Crippen molar-refractivity contribution in [3.63, 3.8) is 0 Å². The first-order chi connectivity index (χ1) is 14.4. The van der Waals surface area contributed by atoms with E-state index in [-0.39, 0.29) is 17.6 Å². The Hall–Kier alpha value is -3.42. The predicted octanol–water partition coefficient (Wildman–Crippen LogP) is 2.76. The number of benzene rings is 1. The van der Waals surface area contributed by atoms with E-state index in [0.717, 1.165) is 34.1 Å². The molecule has 4 aromatic rings. The topological polar surface area (TPSA) is 97.1 Å². The first-order valence-electron chi connectivity index (χ1n) is 10.3. The maximum Gasteiger partial charge on any atom is 0.350 e. The van der Waals surface area contributed by atoms with Gasteiger partial charge in [-0.2, -0.15) is 5.10 Å². The van der Waals surface area contributed by atoms with Crippen molar-refractivity contribution in [2.45, 2.75) is 53.1 Å². The summed E-state index contributed by atoms with van der Waals surface area (Å²) >= 11 is 0. The average molecular weight is 406 g/mol. The Morgan fingerprint density at radius 2 is 2.00 bits per heavy atom. The maximum atomic E-state index is 13.1. The minimum absolute atomic E-state index is 0.207. The number of aromatic amines is 1. The normalized spacial score (nSPS) is 12.5. The maximum absolute atomic E-state index is 13.1. The molecule has 0 aliphatic carbocycles. The van der Waals surface area contributed by atoms with E-state index in [1.165, 1.54) is 4.68 Å². The Balaban J connectivity index is 1.65. The standard InChI is InChI=1S/C22H26N6O2/c1-5-16(23-21(29)19-14(4)17(6-2)24-25-19)12-27-22(30)28-18-10-8-7-9-15(18)11-13(3)20(28)26-27/h7-11,16H,5-6,12H2,1-4H3,(H,23,29)(H,24,25)/t16-/m1/s1. The van der Waals surface area contributed by atoms with E-state index >= 15 is 0 Å². The highest BCUT2D eigenvalue weighted by molar-refractivity contribution is 5.94. The summed E-state index contributed by atoms with van der Waals surface area (Å²) in [5, 5.41) is 15.6. The molecular formula is C22H26N6O2. The number of nitrogens with zero attached hydrogens (tertiary/aromatic N) is 4. The van der Waals surface area contributed by atoms with Gasteiger partial charge < -0.3 is 5.32 Å². The van der Waals surface area contributed by atoms with Crippen LogP contribution in [0.4, 0.5) is 0 Å². The SMILES string of the molecule is CCc1[nH]nc(C(=O)N[C@H](CC)Cn2nc3c(C)cc4ccccc4n3c2=O)c1C. The minimum Gasteiger partial charge on any atom is -0.346 e. The molecular weight excluding hydrogens is 380 g/mol. The smallest absolute Gasteiger partial charge is 0.346 e. The fraction of sp³-hybridized carbons (Fsp3) is 0.364. The predicted molar refractivity (Wildman–Crippen MR) is 116 cm³/mol. The van der Waals surface area contributed by atoms with Crippen LogP contribution >= 0.6 is 0 Å². The number of H-pyrrole nitrogens is 1. The van der Waals surface area contributed by atoms with Crippen molar-refractivity contribution in [1.29, 1.82) is 0 Å². The molecule has 1 atom stereocenters. The zero-order valence-corrected chi connectivity index (χ0v) is 17.7. The third-order valence-corrected chi connectivity index (χ3v) is 5.64. The Morgan fingerprint density at radius 3 is 2.70 bits per heavy atom. The van der Waals surface area contributed by atoms with E-state index in [2.05, 4.69) is 20.6 Å². The zero-order valence-electron chi connectivity index (χ0n) is 17.7. The van der Waals surface area contributed by atoms with Gasteiger partial charge in [0.15, 0.2) is 11.3 Å². The molecule has 4 rings (SSSR count). The molecule has 0 unspecified atom stereocenters. The summed E-state index contributed by atoms with van der Waals surface area (Å²) in [6, 6.07) is 9.55. The number of carbonyl (C=O) groups is 1. The molecule has 156 valence electrons. The molecule has 0 fully saturated rings. The Bertz CT molecular complexity index is 1300. The molecule has 0 saturated heterocycles. The number of carbonyl (C=O) groups excluding carboxylic acids is 1. The van der Waals surface area contributed by atoms with Crippen molar-refractivity contribution >= 4 is 22.5 Å². The van der Waals surface area contributed by atoms with Gasteiger partial charge in [0.05, 0.1) is 12.1 Å². The van der Waals surface area contributed by atoms with E-state index in [9.17, 15) is 9.59 Å². The van der Waals surface area contributed by atoms with Crippen molar-refractivity contribution in [2.75, 3.05) is 0 Å². The minimum atomic E-state index is -0.243. The largest absolute Gasteiger partial charge is 0.350 e. The quantitative estimate of drug-likeness (QED) is 0.514. The fourth-order valence-corrected chi connectivity index (χ4v) is 3.85. The lowest BCUT2D eigenvalue weighted by Gasteiger charge is -2.15. The number of pyridine rings is 1. The van der Waals surface area contributed by atoms with Crippen LogP contribution in [-0.2, 0) is 13.0 Å². The highest BCUT2D eigenvalue weighted by Crippen LogP contribution is 2.18. The van der Waals surface area contributed by atoms with Gasteiger partial charge in [0, 0.05) is 17.3 Å². The van der Waals surface area contributed by atoms with Crippen molar-refractivity contribution in [3.05, 3.63) is 63.3 Å². The van der Waals surface area contributed by atoms with Gasteiger partial charge in [-0.25, -0.2) is 13.9 Å². The first kappa shape index (κ1) is 19.9. The van der Waals surface area contributed by atoms with E-state index in [0.29, 0.717) is 24.3 Å². The number of rotatable bonds is 6. The number of hydrogen-bond donors (Lipinski definition) is 2. The van der Waals surface area contributed by atoms with E-state index in [4.69, 9.17) is 0 Å². The van der Waals surface area contributed by atoms with Gasteiger partial charge >= 0.3 is 5.69 Å². The molecule has 0 spiro atoms. The number of aryl methyl sites for hydroxylation is 2. The van der Waals surface area contributed by atoms with Crippen molar-refractivity contribution in [2.24, 2.45) is 0 Å². The molecule has 0 radical (unpaired) electrons. The summed E-state index contributed by atoms with van der Waals surface area (Å²) in [6.07, 6.45) is 1.45. The third kappa shape index (κ3) is 3.28. The Labute approximate surface area is 173 Å². The highest BCUT2D eigenvalue weighted by Gasteiger charge is 2.21. The van der Waals surface area contributed by atoms with Crippen LogP contribution < -0.4 is 11.0 Å². The lowest BCUT2D eigenvalue weighted by Crippen LogP contribution is -2.40. The Kier molecular flexibility index (Phi) is 5.15. The van der Waals surface area contributed by atoms with Gasteiger partial charge in [-0.3, -0.25) is 9.89 Å². The lowest BCUT2D eigenvalue weighted by molar-refractivity contribution is 0.0925. The van der Waals surface area contributed by atoms with Gasteiger partial charge in [0.1, 0.15) is 0 Å². The van der Waals surface area contributed by atoms with E-state index in [1.807, 2.05) is 58.0 Å². The van der Waals surface area contributed by atoms with Crippen LogP contribution in [0.2, 0.25) is 0 Å². The number of para-hydroxylation sites is 1. The summed E-state index contributed by atoms with van der Waals surface area (Å²) in [5.41, 5.74) is 4.39. The van der Waals surface area contributed by atoms with Crippen LogP contribution in [0.5, 0.6) is 0 Å². The van der Waals surface area contributed by atoms with E-state index < -0.39 is 0 Å². The second-order valence-corrected chi connectivity index (χ2v) is 7.62. The van der Waals surface area contributed by atoms with Crippen LogP contribution in [0, 0.1) is 13.8 Å². The molecule has 1 amide bonds. The van der Waals surface area contributed by atoms with Crippen molar-refractivity contribution in [3.8, 4) is 0 Å². The van der Waals surface area contributed by atoms with Crippen LogP contribution in [0.3, 0.4) is 0 Å². The van der Waals surface area contributed by atoms with Crippen LogP contribution in [0.15, 0.2) is 35.1 Å². The number of hydrogen-bond acceptors (Lipinski definition) is 4. The second-order valence-electron chi connectivity index (χ2n) is 7.62. The highest BCUT2D eigenvalue weighted by atomic mass is 16.2. The molecule has 3 aromatic heterocycles. The summed E-state index contributed by atoms with van der Waals surface area (Å²) in [4.78, 5) is 25.9. The first-order valence-corrected chi connectivity index (χ1v) is 10.3. The third-order valence-electron chi connectivity index (χ3n) is 5.64. The fourth-order valence-electron chi connectivity index (χ4n) is 3.85. The zero-order chi connectivity index (χ0) is 21.4. The number of nitrogens with one attached hydrogen (secondary N) is 2. The van der Waals surface area contributed by atoms with Crippen LogP contribution in [-0.4, -0.2) is 36.3 Å². The van der Waals surface area contributed by atoms with Gasteiger partial charge in [-0.15, -0.1) is 5.10 Å². The number of amides is 1. The average Bonchev–Trinajstić information content (AvgIpc) is 3.28. The van der Waals surface area contributed by atoms with E-state index in [1.54, 1.807) is 4.40 Å². The monoisotopic (exact) mass is 406 g/mol. The number of aromatic nitrogens is 5. The molecule has 1 aromatic carbocycles. The summed E-state index contributed by atoms with van der Waals surface area (Å²) in [5.74, 6) is -0.242. The molecule has 0 aliphatic rings. The molecule has 3 heterocycles.